The van der Waals surface area contributed by atoms with Gasteiger partial charge in [0.15, 0.2) is 35.7 Å². The minimum absolute atomic E-state index is 0.600. The Labute approximate surface area is 190 Å². The molecule has 0 bridgehead atoms. The molecule has 0 saturated heterocycles. The Morgan fingerprint density at radius 3 is 2.06 bits per heavy atom. The Hall–Kier alpha value is -2.95. The van der Waals surface area contributed by atoms with Crippen molar-refractivity contribution < 1.29 is 23.5 Å². The normalized spacial score (nSPS) is 12.3. The zero-order valence-corrected chi connectivity index (χ0v) is 19.9. The molecule has 0 atom stereocenters. The minimum Gasteiger partial charge on any atom is -0.490 e. The zero-order chi connectivity index (χ0) is 22.7. The van der Waals surface area contributed by atoms with E-state index in [9.17, 15) is 0 Å². The molecular weight excluding hydrogens is 402 g/mol. The highest BCUT2D eigenvalue weighted by Gasteiger charge is 2.31. The van der Waals surface area contributed by atoms with E-state index < -0.39 is 0 Å². The average Bonchev–Trinajstić information content (AvgIpc) is 2.80. The SMILES string of the molecule is CCOc1cc2c(cc1OCC)-c1c(CC)c3ccc(OCC)c(OCC)c3c[n+]1CC2. The van der Waals surface area contributed by atoms with E-state index in [-0.39, 0.29) is 0 Å². The van der Waals surface area contributed by atoms with Crippen molar-refractivity contribution in [2.45, 2.75) is 54.0 Å². The summed E-state index contributed by atoms with van der Waals surface area (Å²) >= 11 is 0. The van der Waals surface area contributed by atoms with Gasteiger partial charge in [-0.3, -0.25) is 0 Å². The van der Waals surface area contributed by atoms with E-state index in [0.717, 1.165) is 47.8 Å². The van der Waals surface area contributed by atoms with Crippen molar-refractivity contribution in [2.24, 2.45) is 0 Å². The molecule has 0 saturated carbocycles. The van der Waals surface area contributed by atoms with Crippen molar-refractivity contribution in [1.29, 1.82) is 0 Å². The number of aromatic nitrogens is 1. The molecule has 1 aromatic heterocycles. The summed E-state index contributed by atoms with van der Waals surface area (Å²) in [7, 11) is 0. The molecule has 2 aromatic carbocycles. The van der Waals surface area contributed by atoms with Gasteiger partial charge in [-0.05, 0) is 63.9 Å². The lowest BCUT2D eigenvalue weighted by atomic mass is 9.90. The van der Waals surface area contributed by atoms with Crippen LogP contribution in [-0.2, 0) is 19.4 Å². The fourth-order valence-electron chi connectivity index (χ4n) is 4.71. The van der Waals surface area contributed by atoms with E-state index in [2.05, 4.69) is 35.9 Å². The zero-order valence-electron chi connectivity index (χ0n) is 19.9. The quantitative estimate of drug-likeness (QED) is 0.415. The van der Waals surface area contributed by atoms with Gasteiger partial charge in [0.2, 0.25) is 5.69 Å². The van der Waals surface area contributed by atoms with Crippen molar-refractivity contribution in [1.82, 2.24) is 0 Å². The highest BCUT2D eigenvalue weighted by atomic mass is 16.5. The third-order valence-electron chi connectivity index (χ3n) is 5.93. The molecule has 0 amide bonds. The molecule has 2 heterocycles. The summed E-state index contributed by atoms with van der Waals surface area (Å²) in [6, 6.07) is 8.55. The molecule has 0 aliphatic carbocycles. The van der Waals surface area contributed by atoms with Crippen molar-refractivity contribution in [3.8, 4) is 34.3 Å². The topological polar surface area (TPSA) is 40.8 Å². The molecule has 5 nitrogen and oxygen atoms in total. The molecule has 4 rings (SSSR count). The molecule has 1 aliphatic rings. The van der Waals surface area contributed by atoms with Crippen molar-refractivity contribution in [3.63, 3.8) is 0 Å². The van der Waals surface area contributed by atoms with Crippen LogP contribution in [-0.4, -0.2) is 26.4 Å². The molecule has 0 spiro atoms. The maximum Gasteiger partial charge on any atom is 0.216 e. The van der Waals surface area contributed by atoms with Crippen LogP contribution in [0.5, 0.6) is 23.0 Å². The first-order valence-electron chi connectivity index (χ1n) is 11.9. The number of benzene rings is 2. The molecule has 32 heavy (non-hydrogen) atoms. The number of aryl methyl sites for hydroxylation is 3. The van der Waals surface area contributed by atoms with Gasteiger partial charge in [0.1, 0.15) is 0 Å². The van der Waals surface area contributed by atoms with E-state index in [4.69, 9.17) is 18.9 Å². The van der Waals surface area contributed by atoms with Gasteiger partial charge < -0.3 is 18.9 Å². The van der Waals surface area contributed by atoms with E-state index >= 15 is 0 Å². The lowest BCUT2D eigenvalue weighted by Gasteiger charge is -2.22. The van der Waals surface area contributed by atoms with Crippen LogP contribution in [0.25, 0.3) is 22.0 Å². The lowest BCUT2D eigenvalue weighted by molar-refractivity contribution is -0.686. The van der Waals surface area contributed by atoms with Gasteiger partial charge in [0, 0.05) is 17.4 Å². The summed E-state index contributed by atoms with van der Waals surface area (Å²) in [5, 5.41) is 2.32. The molecule has 0 unspecified atom stereocenters. The summed E-state index contributed by atoms with van der Waals surface area (Å²) < 4.78 is 26.2. The average molecular weight is 437 g/mol. The molecule has 0 fully saturated rings. The number of fused-ring (bicyclic) bond motifs is 4. The second-order valence-electron chi connectivity index (χ2n) is 7.80. The summed E-state index contributed by atoms with van der Waals surface area (Å²) in [6.45, 7) is 13.6. The van der Waals surface area contributed by atoms with Gasteiger partial charge in [-0.1, -0.05) is 6.92 Å². The van der Waals surface area contributed by atoms with Gasteiger partial charge in [-0.15, -0.1) is 0 Å². The van der Waals surface area contributed by atoms with E-state index in [1.165, 1.54) is 27.8 Å². The number of nitrogens with zero attached hydrogens (tertiary/aromatic N) is 1. The summed E-state index contributed by atoms with van der Waals surface area (Å²) in [4.78, 5) is 0. The number of hydrogen-bond donors (Lipinski definition) is 0. The molecule has 170 valence electrons. The van der Waals surface area contributed by atoms with E-state index in [1.807, 2.05) is 33.8 Å². The lowest BCUT2D eigenvalue weighted by Crippen LogP contribution is -2.41. The van der Waals surface area contributed by atoms with Crippen LogP contribution in [0.1, 0.15) is 45.7 Å². The van der Waals surface area contributed by atoms with Gasteiger partial charge in [-0.25, -0.2) is 0 Å². The third kappa shape index (κ3) is 3.85. The first-order valence-corrected chi connectivity index (χ1v) is 11.9. The van der Waals surface area contributed by atoms with Crippen LogP contribution < -0.4 is 23.5 Å². The van der Waals surface area contributed by atoms with Crippen LogP contribution in [0.4, 0.5) is 0 Å². The smallest absolute Gasteiger partial charge is 0.216 e. The Morgan fingerprint density at radius 1 is 0.750 bits per heavy atom. The Bertz CT molecular complexity index is 1120. The number of hydrogen-bond acceptors (Lipinski definition) is 4. The fraction of sp³-hybridized carbons (Fsp3) is 0.444. The maximum atomic E-state index is 6.08. The third-order valence-corrected chi connectivity index (χ3v) is 5.93. The summed E-state index contributed by atoms with van der Waals surface area (Å²) in [6.07, 6.45) is 4.10. The minimum atomic E-state index is 0.600. The predicted molar refractivity (Wildman–Crippen MR) is 127 cm³/mol. The highest BCUT2D eigenvalue weighted by Crippen LogP contribution is 2.42. The van der Waals surface area contributed by atoms with Crippen LogP contribution >= 0.6 is 0 Å². The van der Waals surface area contributed by atoms with Crippen LogP contribution in [0.15, 0.2) is 30.5 Å². The maximum absolute atomic E-state index is 6.08. The predicted octanol–water partition coefficient (Wildman–Crippen LogP) is 5.51. The molecular formula is C27H34NO4+. The van der Waals surface area contributed by atoms with E-state index in [0.29, 0.717) is 26.4 Å². The fourth-order valence-corrected chi connectivity index (χ4v) is 4.71. The molecule has 3 aromatic rings. The number of pyridine rings is 1. The summed E-state index contributed by atoms with van der Waals surface area (Å²) in [5.41, 5.74) is 5.12. The van der Waals surface area contributed by atoms with Gasteiger partial charge in [-0.2, -0.15) is 4.57 Å². The molecule has 0 radical (unpaired) electrons. The Kier molecular flexibility index (Phi) is 6.73. The van der Waals surface area contributed by atoms with Gasteiger partial charge >= 0.3 is 0 Å². The van der Waals surface area contributed by atoms with Gasteiger partial charge in [0.05, 0.1) is 37.4 Å². The van der Waals surface area contributed by atoms with Crippen molar-refractivity contribution >= 4 is 10.8 Å². The first kappa shape index (κ1) is 22.3. The van der Waals surface area contributed by atoms with E-state index in [1.54, 1.807) is 0 Å². The summed E-state index contributed by atoms with van der Waals surface area (Å²) in [5.74, 6) is 3.29. The molecule has 5 heteroatoms. The van der Waals surface area contributed by atoms with Gasteiger partial charge in [0.25, 0.3) is 0 Å². The van der Waals surface area contributed by atoms with Crippen molar-refractivity contribution in [2.75, 3.05) is 26.4 Å². The van der Waals surface area contributed by atoms with Crippen LogP contribution in [0.3, 0.4) is 0 Å². The first-order chi connectivity index (χ1) is 15.7. The monoisotopic (exact) mass is 436 g/mol. The van der Waals surface area contributed by atoms with Crippen LogP contribution in [0, 0.1) is 0 Å². The number of rotatable bonds is 9. The Balaban J connectivity index is 1.98. The number of ether oxygens (including phenoxy) is 4. The van der Waals surface area contributed by atoms with Crippen LogP contribution in [0.2, 0.25) is 0 Å². The highest BCUT2D eigenvalue weighted by molar-refractivity contribution is 5.95. The second-order valence-corrected chi connectivity index (χ2v) is 7.80. The largest absolute Gasteiger partial charge is 0.490 e. The molecule has 0 N–H and O–H groups in total. The van der Waals surface area contributed by atoms with Crippen molar-refractivity contribution in [3.05, 3.63) is 41.6 Å². The molecule has 1 aliphatic heterocycles. The Morgan fingerprint density at radius 2 is 1.41 bits per heavy atom. The standard InChI is InChI=1S/C27H34NO4/c1-6-19-20-11-12-23(29-7-2)27(32-10-5)22(20)17-28-14-13-18-15-24(30-8-3)25(31-9-4)16-21(18)26(19)28/h11-12,15-17H,6-10,13-14H2,1-5H3/q+1. The second kappa shape index (κ2) is 9.68.